The summed E-state index contributed by atoms with van der Waals surface area (Å²) in [6, 6.07) is 0. The van der Waals surface area contributed by atoms with Gasteiger partial charge >= 0.3 is 0 Å². The number of morpholine rings is 1. The van der Waals surface area contributed by atoms with Crippen LogP contribution in [0.1, 0.15) is 44.4 Å². The molecule has 2 heterocycles. The SMILES string of the molecule is CCC(CC)(CN)NC(=O)CCc1c(C)nc(N2CCOCC2)[nH]c1=O.Cl.Cl. The van der Waals surface area contributed by atoms with Crippen LogP contribution in [0.15, 0.2) is 4.79 Å². The Morgan fingerprint density at radius 2 is 1.89 bits per heavy atom. The number of aryl methyl sites for hydroxylation is 1. The summed E-state index contributed by atoms with van der Waals surface area (Å²) in [7, 11) is 0. The molecule has 0 atom stereocenters. The fourth-order valence-corrected chi connectivity index (χ4v) is 3.18. The van der Waals surface area contributed by atoms with Crippen molar-refractivity contribution >= 4 is 36.7 Å². The van der Waals surface area contributed by atoms with Gasteiger partial charge in [0.25, 0.3) is 5.56 Å². The van der Waals surface area contributed by atoms with Crippen molar-refractivity contribution in [1.29, 1.82) is 0 Å². The summed E-state index contributed by atoms with van der Waals surface area (Å²) in [4.78, 5) is 34.2. The van der Waals surface area contributed by atoms with Crippen LogP contribution in [-0.2, 0) is 16.0 Å². The van der Waals surface area contributed by atoms with Crippen LogP contribution < -0.4 is 21.5 Å². The zero-order chi connectivity index (χ0) is 19.2. The number of carbonyl (C=O) groups is 1. The monoisotopic (exact) mass is 437 g/mol. The van der Waals surface area contributed by atoms with Crippen molar-refractivity contribution in [3.63, 3.8) is 0 Å². The van der Waals surface area contributed by atoms with Gasteiger partial charge in [-0.15, -0.1) is 24.8 Å². The van der Waals surface area contributed by atoms with Crippen LogP contribution in [0.4, 0.5) is 5.95 Å². The van der Waals surface area contributed by atoms with Gasteiger partial charge in [0.1, 0.15) is 0 Å². The molecule has 1 fully saturated rings. The molecule has 0 bridgehead atoms. The third-order valence-electron chi connectivity index (χ3n) is 5.27. The summed E-state index contributed by atoms with van der Waals surface area (Å²) >= 11 is 0. The molecule has 162 valence electrons. The molecule has 0 unspecified atom stereocenters. The first-order chi connectivity index (χ1) is 12.4. The fourth-order valence-electron chi connectivity index (χ4n) is 3.18. The van der Waals surface area contributed by atoms with E-state index in [1.807, 2.05) is 25.7 Å². The van der Waals surface area contributed by atoms with Gasteiger partial charge in [0, 0.05) is 37.3 Å². The molecule has 0 aliphatic carbocycles. The number of nitrogens with two attached hydrogens (primary N) is 1. The molecule has 28 heavy (non-hydrogen) atoms. The van der Waals surface area contributed by atoms with Crippen molar-refractivity contribution in [3.8, 4) is 0 Å². The van der Waals surface area contributed by atoms with Crippen LogP contribution in [-0.4, -0.2) is 54.3 Å². The van der Waals surface area contributed by atoms with Gasteiger partial charge in [-0.1, -0.05) is 13.8 Å². The lowest BCUT2D eigenvalue weighted by Gasteiger charge is -2.31. The standard InChI is InChI=1S/C18H31N5O3.2ClH/c1-4-18(5-2,12-19)22-15(24)7-6-14-13(3)20-17(21-16(14)25)23-8-10-26-11-9-23;;/h4-12,19H2,1-3H3,(H,22,24)(H,20,21,25);2*1H. The second-order valence-electron chi connectivity index (χ2n) is 6.79. The van der Waals surface area contributed by atoms with Crippen molar-refractivity contribution in [2.24, 2.45) is 5.73 Å². The van der Waals surface area contributed by atoms with Crippen LogP contribution in [0.2, 0.25) is 0 Å². The van der Waals surface area contributed by atoms with Gasteiger partial charge in [-0.25, -0.2) is 4.98 Å². The van der Waals surface area contributed by atoms with Gasteiger partial charge < -0.3 is 20.7 Å². The number of anilines is 1. The maximum atomic E-state index is 12.5. The highest BCUT2D eigenvalue weighted by Crippen LogP contribution is 2.15. The summed E-state index contributed by atoms with van der Waals surface area (Å²) < 4.78 is 5.32. The van der Waals surface area contributed by atoms with E-state index in [4.69, 9.17) is 10.5 Å². The Morgan fingerprint density at radius 3 is 2.39 bits per heavy atom. The zero-order valence-corrected chi connectivity index (χ0v) is 18.5. The second kappa shape index (κ2) is 12.3. The van der Waals surface area contributed by atoms with Gasteiger partial charge in [-0.2, -0.15) is 0 Å². The summed E-state index contributed by atoms with van der Waals surface area (Å²) in [5.41, 5.74) is 6.51. The smallest absolute Gasteiger partial charge is 0.255 e. The number of amides is 1. The van der Waals surface area contributed by atoms with Crippen LogP contribution in [0.3, 0.4) is 0 Å². The largest absolute Gasteiger partial charge is 0.378 e. The fraction of sp³-hybridized carbons (Fsp3) is 0.722. The van der Waals surface area contributed by atoms with Crippen molar-refractivity contribution in [2.45, 2.75) is 52.0 Å². The molecule has 1 aromatic heterocycles. The van der Waals surface area contributed by atoms with Crippen molar-refractivity contribution in [1.82, 2.24) is 15.3 Å². The Labute approximate surface area is 178 Å². The highest BCUT2D eigenvalue weighted by Gasteiger charge is 2.26. The number of carbonyl (C=O) groups excluding carboxylic acids is 1. The number of H-pyrrole nitrogens is 1. The zero-order valence-electron chi connectivity index (χ0n) is 16.9. The van der Waals surface area contributed by atoms with E-state index in [0.29, 0.717) is 56.5 Å². The number of nitrogens with one attached hydrogen (secondary N) is 2. The average molecular weight is 438 g/mol. The maximum absolute atomic E-state index is 12.5. The van der Waals surface area contributed by atoms with Crippen molar-refractivity contribution in [2.75, 3.05) is 37.7 Å². The number of nitrogens with zero attached hydrogens (tertiary/aromatic N) is 2. The highest BCUT2D eigenvalue weighted by molar-refractivity contribution is 5.85. The topological polar surface area (TPSA) is 113 Å². The minimum Gasteiger partial charge on any atom is -0.378 e. The van der Waals surface area contributed by atoms with E-state index in [2.05, 4.69) is 15.3 Å². The van der Waals surface area contributed by atoms with E-state index in [1.165, 1.54) is 0 Å². The molecule has 0 spiro atoms. The predicted molar refractivity (Wildman–Crippen MR) is 116 cm³/mol. The molecule has 1 amide bonds. The molecular formula is C18H33Cl2N5O3. The number of aromatic amines is 1. The van der Waals surface area contributed by atoms with Gasteiger partial charge in [0.15, 0.2) is 0 Å². The Morgan fingerprint density at radius 1 is 1.29 bits per heavy atom. The Kier molecular flexibility index (Phi) is 11.7. The third kappa shape index (κ3) is 6.62. The molecule has 2 rings (SSSR count). The van der Waals surface area contributed by atoms with E-state index < -0.39 is 0 Å². The quantitative estimate of drug-likeness (QED) is 0.564. The van der Waals surface area contributed by atoms with Crippen molar-refractivity contribution in [3.05, 3.63) is 21.6 Å². The number of ether oxygens (including phenoxy) is 1. The molecule has 1 saturated heterocycles. The highest BCUT2D eigenvalue weighted by atomic mass is 35.5. The minimum atomic E-state index is -0.364. The van der Waals surface area contributed by atoms with Crippen molar-refractivity contribution < 1.29 is 9.53 Å². The number of hydrogen-bond donors (Lipinski definition) is 3. The van der Waals surface area contributed by atoms with Crippen LogP contribution in [0, 0.1) is 6.92 Å². The number of rotatable bonds is 8. The number of hydrogen-bond acceptors (Lipinski definition) is 6. The minimum absolute atomic E-state index is 0. The lowest BCUT2D eigenvalue weighted by Crippen LogP contribution is -2.53. The molecule has 0 saturated carbocycles. The Bertz CT molecular complexity index is 665. The van der Waals surface area contributed by atoms with Gasteiger partial charge in [0.2, 0.25) is 11.9 Å². The first-order valence-corrected chi connectivity index (χ1v) is 9.38. The van der Waals surface area contributed by atoms with Gasteiger partial charge in [-0.05, 0) is 26.2 Å². The van der Waals surface area contributed by atoms with Crippen LogP contribution in [0.25, 0.3) is 0 Å². The van der Waals surface area contributed by atoms with E-state index in [-0.39, 0.29) is 48.2 Å². The number of halogens is 2. The molecule has 8 nitrogen and oxygen atoms in total. The predicted octanol–water partition coefficient (Wildman–Crippen LogP) is 1.32. The van der Waals surface area contributed by atoms with Crippen LogP contribution in [0.5, 0.6) is 0 Å². The first-order valence-electron chi connectivity index (χ1n) is 9.38. The Hall–Kier alpha value is -1.35. The van der Waals surface area contributed by atoms with E-state index in [0.717, 1.165) is 12.8 Å². The molecule has 0 radical (unpaired) electrons. The van der Waals surface area contributed by atoms with E-state index in [1.54, 1.807) is 0 Å². The maximum Gasteiger partial charge on any atom is 0.255 e. The summed E-state index contributed by atoms with van der Waals surface area (Å²) in [5.74, 6) is 0.485. The normalized spacial score (nSPS) is 14.1. The summed E-state index contributed by atoms with van der Waals surface area (Å²) in [6.07, 6.45) is 2.16. The molecular weight excluding hydrogens is 405 g/mol. The molecule has 1 aliphatic heterocycles. The lowest BCUT2D eigenvalue weighted by molar-refractivity contribution is -0.123. The molecule has 1 aromatic rings. The number of aromatic nitrogens is 2. The third-order valence-corrected chi connectivity index (χ3v) is 5.27. The molecule has 1 aliphatic rings. The second-order valence-corrected chi connectivity index (χ2v) is 6.79. The molecule has 10 heteroatoms. The Balaban J connectivity index is 0.00000364. The molecule has 4 N–H and O–H groups in total. The molecule has 0 aromatic carbocycles. The lowest BCUT2D eigenvalue weighted by atomic mass is 9.92. The summed E-state index contributed by atoms with van der Waals surface area (Å²) in [5, 5.41) is 3.03. The van der Waals surface area contributed by atoms with E-state index in [9.17, 15) is 9.59 Å². The summed E-state index contributed by atoms with van der Waals surface area (Å²) in [6.45, 7) is 8.92. The van der Waals surface area contributed by atoms with Crippen LogP contribution >= 0.6 is 24.8 Å². The first kappa shape index (κ1) is 26.6. The van der Waals surface area contributed by atoms with Gasteiger partial charge in [0.05, 0.1) is 18.8 Å². The van der Waals surface area contributed by atoms with Gasteiger partial charge in [-0.3, -0.25) is 14.6 Å². The average Bonchev–Trinajstić information content (AvgIpc) is 2.66. The van der Waals surface area contributed by atoms with E-state index >= 15 is 0 Å².